The molecule has 0 spiro atoms. The van der Waals surface area contributed by atoms with E-state index in [0.717, 1.165) is 0 Å². The summed E-state index contributed by atoms with van der Waals surface area (Å²) in [5.41, 5.74) is 0. The average Bonchev–Trinajstić information content (AvgIpc) is 2.89. The van der Waals surface area contributed by atoms with Crippen LogP contribution < -0.4 is 10.6 Å². The zero-order valence-corrected chi connectivity index (χ0v) is 11.7. The first-order valence-corrected chi connectivity index (χ1v) is 7.05. The van der Waals surface area contributed by atoms with Crippen molar-refractivity contribution >= 4 is 28.9 Å². The number of carbonyl (C=O) groups excluding carboxylic acids is 3. The second-order valence-electron chi connectivity index (χ2n) is 4.09. The molecule has 104 valence electrons. The number of hydrogen-bond donors (Lipinski definition) is 2. The SMILES string of the molecule is CC(=O)NCCCNC(=O)CCC(=O)c1cccs1. The molecule has 0 saturated carbocycles. The molecule has 0 aromatic carbocycles. The molecule has 1 heterocycles. The molecule has 5 nitrogen and oxygen atoms in total. The van der Waals surface area contributed by atoms with Crippen LogP contribution in [0.5, 0.6) is 0 Å². The molecule has 0 fully saturated rings. The molecule has 1 aromatic rings. The highest BCUT2D eigenvalue weighted by Gasteiger charge is 2.09. The molecule has 1 aromatic heterocycles. The zero-order chi connectivity index (χ0) is 14.1. The lowest BCUT2D eigenvalue weighted by Gasteiger charge is -2.05. The first-order valence-electron chi connectivity index (χ1n) is 6.17. The summed E-state index contributed by atoms with van der Waals surface area (Å²) < 4.78 is 0. The fourth-order valence-corrected chi connectivity index (χ4v) is 2.15. The van der Waals surface area contributed by atoms with Gasteiger partial charge in [-0.25, -0.2) is 0 Å². The van der Waals surface area contributed by atoms with Gasteiger partial charge < -0.3 is 10.6 Å². The van der Waals surface area contributed by atoms with Gasteiger partial charge in [0, 0.05) is 32.9 Å². The predicted molar refractivity (Wildman–Crippen MR) is 74.2 cm³/mol. The molecule has 0 saturated heterocycles. The van der Waals surface area contributed by atoms with Gasteiger partial charge in [-0.05, 0) is 17.9 Å². The van der Waals surface area contributed by atoms with Gasteiger partial charge in [0.2, 0.25) is 11.8 Å². The summed E-state index contributed by atoms with van der Waals surface area (Å²) in [6, 6.07) is 3.58. The lowest BCUT2D eigenvalue weighted by molar-refractivity contribution is -0.121. The van der Waals surface area contributed by atoms with Gasteiger partial charge in [-0.1, -0.05) is 6.07 Å². The number of nitrogens with one attached hydrogen (secondary N) is 2. The third-order valence-electron chi connectivity index (χ3n) is 2.42. The van der Waals surface area contributed by atoms with Crippen molar-refractivity contribution in [1.82, 2.24) is 10.6 Å². The first-order chi connectivity index (χ1) is 9.09. The van der Waals surface area contributed by atoms with Gasteiger partial charge in [0.05, 0.1) is 4.88 Å². The van der Waals surface area contributed by atoms with Crippen molar-refractivity contribution in [3.05, 3.63) is 22.4 Å². The predicted octanol–water partition coefficient (Wildman–Crippen LogP) is 1.35. The van der Waals surface area contributed by atoms with Crippen LogP contribution in [-0.4, -0.2) is 30.7 Å². The third kappa shape index (κ3) is 6.71. The second kappa shape index (κ2) is 8.42. The maximum absolute atomic E-state index is 11.6. The highest BCUT2D eigenvalue weighted by molar-refractivity contribution is 7.12. The molecule has 19 heavy (non-hydrogen) atoms. The van der Waals surface area contributed by atoms with Crippen LogP contribution in [0.15, 0.2) is 17.5 Å². The standard InChI is InChI=1S/C13H18N2O3S/c1-10(16)14-7-3-8-15-13(18)6-5-11(17)12-4-2-9-19-12/h2,4,9H,3,5-8H2,1H3,(H,14,16)(H,15,18). The summed E-state index contributed by atoms with van der Waals surface area (Å²) in [5.74, 6) is -0.205. The summed E-state index contributed by atoms with van der Waals surface area (Å²) in [7, 11) is 0. The van der Waals surface area contributed by atoms with Gasteiger partial charge in [0.15, 0.2) is 5.78 Å². The molecule has 2 amide bonds. The van der Waals surface area contributed by atoms with Gasteiger partial charge in [-0.2, -0.15) is 0 Å². The second-order valence-corrected chi connectivity index (χ2v) is 5.03. The molecule has 1 rings (SSSR count). The fourth-order valence-electron chi connectivity index (χ4n) is 1.46. The molecule has 0 atom stereocenters. The van der Waals surface area contributed by atoms with Crippen molar-refractivity contribution in [3.63, 3.8) is 0 Å². The van der Waals surface area contributed by atoms with Gasteiger partial charge in [0.25, 0.3) is 0 Å². The van der Waals surface area contributed by atoms with Crippen LogP contribution in [0.3, 0.4) is 0 Å². The first kappa shape index (κ1) is 15.4. The maximum Gasteiger partial charge on any atom is 0.220 e. The Balaban J connectivity index is 2.08. The Kier molecular flexibility index (Phi) is 6.81. The molecule has 0 unspecified atom stereocenters. The van der Waals surface area contributed by atoms with E-state index in [-0.39, 0.29) is 30.4 Å². The Morgan fingerprint density at radius 1 is 1.16 bits per heavy atom. The molecule has 0 aliphatic carbocycles. The molecule has 0 bridgehead atoms. The van der Waals surface area contributed by atoms with Crippen LogP contribution in [0.4, 0.5) is 0 Å². The Morgan fingerprint density at radius 2 is 1.89 bits per heavy atom. The quantitative estimate of drug-likeness (QED) is 0.558. The van der Waals surface area contributed by atoms with Crippen LogP contribution in [0.25, 0.3) is 0 Å². The van der Waals surface area contributed by atoms with Crippen molar-refractivity contribution in [3.8, 4) is 0 Å². The monoisotopic (exact) mass is 282 g/mol. The lowest BCUT2D eigenvalue weighted by atomic mass is 10.2. The van der Waals surface area contributed by atoms with Gasteiger partial charge >= 0.3 is 0 Å². The Labute approximate surface area is 116 Å². The summed E-state index contributed by atoms with van der Waals surface area (Å²) in [6.07, 6.45) is 1.12. The molecular weight excluding hydrogens is 264 g/mol. The van der Waals surface area contributed by atoms with Gasteiger partial charge in [-0.15, -0.1) is 11.3 Å². The highest BCUT2D eigenvalue weighted by Crippen LogP contribution is 2.12. The minimum absolute atomic E-state index is 0.00314. The number of amides is 2. The van der Waals surface area contributed by atoms with Gasteiger partial charge in [0.1, 0.15) is 0 Å². The van der Waals surface area contributed by atoms with Crippen LogP contribution in [0, 0.1) is 0 Å². The number of thiophene rings is 1. The molecule has 0 aliphatic rings. The fraction of sp³-hybridized carbons (Fsp3) is 0.462. The largest absolute Gasteiger partial charge is 0.356 e. The normalized spacial score (nSPS) is 9.95. The van der Waals surface area contributed by atoms with E-state index in [9.17, 15) is 14.4 Å². The maximum atomic E-state index is 11.6. The number of Topliss-reactive ketones (excluding diaryl/α,β-unsaturated/α-hetero) is 1. The van der Waals surface area contributed by atoms with E-state index in [1.54, 1.807) is 6.07 Å². The van der Waals surface area contributed by atoms with Crippen molar-refractivity contribution in [1.29, 1.82) is 0 Å². The molecule has 2 N–H and O–H groups in total. The Morgan fingerprint density at radius 3 is 2.53 bits per heavy atom. The molecule has 0 aliphatic heterocycles. The van der Waals surface area contributed by atoms with Crippen molar-refractivity contribution < 1.29 is 14.4 Å². The van der Waals surface area contributed by atoms with E-state index in [4.69, 9.17) is 0 Å². The van der Waals surface area contributed by atoms with E-state index in [1.165, 1.54) is 18.3 Å². The number of carbonyl (C=O) groups is 3. The Bertz CT molecular complexity index is 429. The summed E-state index contributed by atoms with van der Waals surface area (Å²) in [4.78, 5) is 34.4. The Hall–Kier alpha value is -1.69. The summed E-state index contributed by atoms with van der Waals surface area (Å²) >= 11 is 1.39. The number of ketones is 1. The van der Waals surface area contributed by atoms with E-state index < -0.39 is 0 Å². The van der Waals surface area contributed by atoms with Crippen LogP contribution in [-0.2, 0) is 9.59 Å². The van der Waals surface area contributed by atoms with Crippen molar-refractivity contribution in [2.24, 2.45) is 0 Å². The topological polar surface area (TPSA) is 75.3 Å². The van der Waals surface area contributed by atoms with Crippen LogP contribution in [0.1, 0.15) is 35.9 Å². The van der Waals surface area contributed by atoms with E-state index >= 15 is 0 Å². The molecule has 0 radical (unpaired) electrons. The minimum atomic E-state index is -0.132. The van der Waals surface area contributed by atoms with Gasteiger partial charge in [-0.3, -0.25) is 14.4 Å². The van der Waals surface area contributed by atoms with Crippen molar-refractivity contribution in [2.45, 2.75) is 26.2 Å². The van der Waals surface area contributed by atoms with Crippen LogP contribution in [0.2, 0.25) is 0 Å². The van der Waals surface area contributed by atoms with Crippen molar-refractivity contribution in [2.75, 3.05) is 13.1 Å². The van der Waals surface area contributed by atoms with E-state index in [0.29, 0.717) is 24.4 Å². The zero-order valence-electron chi connectivity index (χ0n) is 10.9. The summed E-state index contributed by atoms with van der Waals surface area (Å²) in [6.45, 7) is 2.50. The smallest absolute Gasteiger partial charge is 0.220 e. The minimum Gasteiger partial charge on any atom is -0.356 e. The van der Waals surface area contributed by atoms with E-state index in [1.807, 2.05) is 11.4 Å². The molecular formula is C13H18N2O3S. The summed E-state index contributed by atoms with van der Waals surface area (Å²) in [5, 5.41) is 7.21. The molecule has 6 heteroatoms. The lowest BCUT2D eigenvalue weighted by Crippen LogP contribution is -2.28. The number of rotatable bonds is 8. The average molecular weight is 282 g/mol. The third-order valence-corrected chi connectivity index (χ3v) is 3.34. The highest BCUT2D eigenvalue weighted by atomic mass is 32.1. The number of hydrogen-bond acceptors (Lipinski definition) is 4. The van der Waals surface area contributed by atoms with E-state index in [2.05, 4.69) is 10.6 Å². The van der Waals surface area contributed by atoms with Crippen LogP contribution >= 0.6 is 11.3 Å².